The maximum atomic E-state index is 13.0. The molecular weight excluding hydrogens is 372 g/mol. The predicted octanol–water partition coefficient (Wildman–Crippen LogP) is 3.09. The average molecular weight is 400 g/mol. The lowest BCUT2D eigenvalue weighted by atomic mass is 9.92. The molecule has 1 aliphatic heterocycles. The van der Waals surface area contributed by atoms with E-state index in [0.717, 1.165) is 0 Å². The first-order valence-corrected chi connectivity index (χ1v) is 9.60. The molecule has 0 fully saturated rings. The summed E-state index contributed by atoms with van der Waals surface area (Å²) < 4.78 is 12.6. The summed E-state index contributed by atoms with van der Waals surface area (Å²) in [6.07, 6.45) is 1.60. The lowest BCUT2D eigenvalue weighted by Crippen LogP contribution is -2.43. The van der Waals surface area contributed by atoms with Gasteiger partial charge in [0.25, 0.3) is 5.91 Å². The Morgan fingerprint density at radius 3 is 2.76 bits per heavy atom. The third-order valence-electron chi connectivity index (χ3n) is 4.70. The van der Waals surface area contributed by atoms with Crippen molar-refractivity contribution < 1.29 is 19.1 Å². The molecule has 1 aromatic carbocycles. The van der Waals surface area contributed by atoms with E-state index in [1.54, 1.807) is 30.3 Å². The Balaban J connectivity index is 1.91. The highest BCUT2D eigenvalue weighted by molar-refractivity contribution is 6.06. The fourth-order valence-electron chi connectivity index (χ4n) is 3.24. The maximum absolute atomic E-state index is 13.0. The smallest absolute Gasteiger partial charge is 0.262 e. The number of anilines is 2. The molecule has 2 amide bonds. The molecule has 0 spiro atoms. The number of nitrogens with zero attached hydrogens (tertiary/aromatic N) is 3. The van der Waals surface area contributed by atoms with Crippen LogP contribution in [0, 0.1) is 11.3 Å². The van der Waals surface area contributed by atoms with E-state index in [9.17, 15) is 9.59 Å². The number of rotatable bonds is 5. The zero-order valence-corrected chi connectivity index (χ0v) is 17.8. The van der Waals surface area contributed by atoms with Gasteiger partial charge in [0.15, 0.2) is 0 Å². The molecule has 1 aliphatic rings. The van der Waals surface area contributed by atoms with Crippen LogP contribution in [0.5, 0.6) is 11.6 Å². The molecule has 0 aliphatic carbocycles. The van der Waals surface area contributed by atoms with Gasteiger partial charge in [-0.25, -0.2) is 0 Å². The number of hydrogen-bond donors (Lipinski definition) is 1. The van der Waals surface area contributed by atoms with Crippen LogP contribution in [0.15, 0.2) is 24.4 Å². The van der Waals surface area contributed by atoms with E-state index in [1.165, 1.54) is 11.8 Å². The second-order valence-corrected chi connectivity index (χ2v) is 8.34. The van der Waals surface area contributed by atoms with Gasteiger partial charge in [-0.05, 0) is 31.9 Å². The quantitative estimate of drug-likeness (QED) is 0.834. The molecule has 0 atom stereocenters. The molecule has 156 valence electrons. The van der Waals surface area contributed by atoms with Crippen molar-refractivity contribution in [3.05, 3.63) is 30.0 Å². The van der Waals surface area contributed by atoms with E-state index in [1.807, 2.05) is 19.9 Å². The first kappa shape index (κ1) is 20.7. The van der Waals surface area contributed by atoms with Crippen molar-refractivity contribution in [3.63, 3.8) is 0 Å². The number of carbonyl (C=O) groups is 2. The molecular formula is C21H28N4O4. The lowest BCUT2D eigenvalue weighted by Gasteiger charge is -2.29. The molecule has 8 nitrogen and oxygen atoms in total. The summed E-state index contributed by atoms with van der Waals surface area (Å²) in [6.45, 7) is 8.76. The normalized spacial score (nSPS) is 15.6. The van der Waals surface area contributed by atoms with E-state index in [0.29, 0.717) is 35.2 Å². The zero-order valence-electron chi connectivity index (χ0n) is 17.8. The first-order chi connectivity index (χ1) is 13.6. The van der Waals surface area contributed by atoms with Crippen molar-refractivity contribution in [2.75, 3.05) is 30.5 Å². The Labute approximate surface area is 170 Å². The summed E-state index contributed by atoms with van der Waals surface area (Å²) in [5, 5.41) is 6.95. The SMILES string of the molecule is COc1nn(C)cc1C(=O)Nc1ccc2c(c1)OCC(C)(C)C(=O)N2CC(C)C. The summed E-state index contributed by atoms with van der Waals surface area (Å²) in [6, 6.07) is 5.33. The number of methoxy groups -OCH3 is 1. The van der Waals surface area contributed by atoms with E-state index < -0.39 is 5.41 Å². The fourth-order valence-corrected chi connectivity index (χ4v) is 3.24. The van der Waals surface area contributed by atoms with Crippen LogP contribution < -0.4 is 19.7 Å². The highest BCUT2D eigenvalue weighted by Crippen LogP contribution is 2.38. The van der Waals surface area contributed by atoms with Gasteiger partial charge in [0.1, 0.15) is 17.9 Å². The Hall–Kier alpha value is -3.03. The van der Waals surface area contributed by atoms with Crippen LogP contribution in [0.25, 0.3) is 0 Å². The predicted molar refractivity (Wildman–Crippen MR) is 111 cm³/mol. The molecule has 0 radical (unpaired) electrons. The molecule has 0 saturated heterocycles. The van der Waals surface area contributed by atoms with Crippen LogP contribution in [0.1, 0.15) is 38.1 Å². The third kappa shape index (κ3) is 4.21. The molecule has 2 heterocycles. The van der Waals surface area contributed by atoms with Crippen molar-refractivity contribution in [2.45, 2.75) is 27.7 Å². The molecule has 1 N–H and O–H groups in total. The molecule has 8 heteroatoms. The molecule has 0 bridgehead atoms. The van der Waals surface area contributed by atoms with Crippen molar-refractivity contribution in [1.29, 1.82) is 0 Å². The molecule has 3 rings (SSSR count). The second-order valence-electron chi connectivity index (χ2n) is 8.34. The maximum Gasteiger partial charge on any atom is 0.262 e. The zero-order chi connectivity index (χ0) is 21.3. The highest BCUT2D eigenvalue weighted by atomic mass is 16.5. The summed E-state index contributed by atoms with van der Waals surface area (Å²) in [5.41, 5.74) is 0.978. The highest BCUT2D eigenvalue weighted by Gasteiger charge is 2.38. The van der Waals surface area contributed by atoms with Gasteiger partial charge in [-0.2, -0.15) is 0 Å². The van der Waals surface area contributed by atoms with Gasteiger partial charge >= 0.3 is 0 Å². The van der Waals surface area contributed by atoms with Crippen molar-refractivity contribution >= 4 is 23.2 Å². The van der Waals surface area contributed by atoms with Crippen molar-refractivity contribution in [1.82, 2.24) is 9.78 Å². The average Bonchev–Trinajstić information content (AvgIpc) is 3.01. The molecule has 1 aromatic heterocycles. The number of ether oxygens (including phenoxy) is 2. The minimum Gasteiger partial charge on any atom is -0.490 e. The van der Waals surface area contributed by atoms with Crippen LogP contribution in [-0.2, 0) is 11.8 Å². The lowest BCUT2D eigenvalue weighted by molar-refractivity contribution is -0.127. The number of amides is 2. The van der Waals surface area contributed by atoms with E-state index >= 15 is 0 Å². The largest absolute Gasteiger partial charge is 0.490 e. The number of benzene rings is 1. The molecule has 2 aromatic rings. The molecule has 0 unspecified atom stereocenters. The van der Waals surface area contributed by atoms with Gasteiger partial charge in [-0.15, -0.1) is 5.10 Å². The van der Waals surface area contributed by atoms with Crippen LogP contribution in [-0.4, -0.2) is 41.9 Å². The standard InChI is InChI=1S/C21H28N4O4/c1-13(2)10-25-16-8-7-14(9-17(16)29-12-21(3,4)20(25)27)22-18(26)15-11-24(5)23-19(15)28-6/h7-9,11,13H,10,12H2,1-6H3,(H,22,26). The summed E-state index contributed by atoms with van der Waals surface area (Å²) >= 11 is 0. The molecule has 0 saturated carbocycles. The number of nitrogens with one attached hydrogen (secondary N) is 1. The van der Waals surface area contributed by atoms with Gasteiger partial charge in [-0.3, -0.25) is 14.3 Å². The Kier molecular flexibility index (Phi) is 5.55. The van der Waals surface area contributed by atoms with Gasteiger partial charge < -0.3 is 19.7 Å². The van der Waals surface area contributed by atoms with Crippen LogP contribution in [0.3, 0.4) is 0 Å². The second kappa shape index (κ2) is 7.77. The summed E-state index contributed by atoms with van der Waals surface area (Å²) in [5.74, 6) is 0.825. The number of hydrogen-bond acceptors (Lipinski definition) is 5. The summed E-state index contributed by atoms with van der Waals surface area (Å²) in [4.78, 5) is 27.5. The number of aromatic nitrogens is 2. The Morgan fingerprint density at radius 1 is 1.38 bits per heavy atom. The molecule has 29 heavy (non-hydrogen) atoms. The third-order valence-corrected chi connectivity index (χ3v) is 4.70. The van der Waals surface area contributed by atoms with Crippen LogP contribution in [0.2, 0.25) is 0 Å². The monoisotopic (exact) mass is 400 g/mol. The van der Waals surface area contributed by atoms with Crippen molar-refractivity contribution in [2.24, 2.45) is 18.4 Å². The van der Waals surface area contributed by atoms with Crippen molar-refractivity contribution in [3.8, 4) is 11.6 Å². The van der Waals surface area contributed by atoms with E-state index in [2.05, 4.69) is 24.3 Å². The number of carbonyl (C=O) groups excluding carboxylic acids is 2. The minimum atomic E-state index is -0.638. The van der Waals surface area contributed by atoms with E-state index in [4.69, 9.17) is 9.47 Å². The van der Waals surface area contributed by atoms with Gasteiger partial charge in [0.2, 0.25) is 11.8 Å². The van der Waals surface area contributed by atoms with Gasteiger partial charge in [-0.1, -0.05) is 13.8 Å². The number of aryl methyl sites for hydroxylation is 1. The first-order valence-electron chi connectivity index (χ1n) is 9.60. The van der Waals surface area contributed by atoms with Crippen LogP contribution >= 0.6 is 0 Å². The van der Waals surface area contributed by atoms with Gasteiger partial charge in [0, 0.05) is 31.5 Å². The minimum absolute atomic E-state index is 0.0295. The van der Waals surface area contributed by atoms with Crippen LogP contribution in [0.4, 0.5) is 11.4 Å². The van der Waals surface area contributed by atoms with Gasteiger partial charge in [0.05, 0.1) is 18.2 Å². The summed E-state index contributed by atoms with van der Waals surface area (Å²) in [7, 11) is 3.19. The Bertz CT molecular complexity index is 933. The number of fused-ring (bicyclic) bond motifs is 1. The Morgan fingerprint density at radius 2 is 2.10 bits per heavy atom. The van der Waals surface area contributed by atoms with E-state index in [-0.39, 0.29) is 24.3 Å². The fraction of sp³-hybridized carbons (Fsp3) is 0.476. The topological polar surface area (TPSA) is 85.7 Å².